The summed E-state index contributed by atoms with van der Waals surface area (Å²) in [5.74, 6) is -1.36. The summed E-state index contributed by atoms with van der Waals surface area (Å²) in [5, 5.41) is -1.32. The lowest BCUT2D eigenvalue weighted by molar-refractivity contribution is -0.146. The van der Waals surface area contributed by atoms with Crippen LogP contribution in [0.1, 0.15) is 13.8 Å². The summed E-state index contributed by atoms with van der Waals surface area (Å²) in [5.41, 5.74) is 0. The first kappa shape index (κ1) is 18.6. The Bertz CT molecular complexity index is 535. The van der Waals surface area contributed by atoms with E-state index in [9.17, 15) is 24.0 Å². The van der Waals surface area contributed by atoms with Crippen molar-refractivity contribution in [3.8, 4) is 0 Å². The Morgan fingerprint density at radius 3 is 1.62 bits per heavy atom. The van der Waals surface area contributed by atoms with Gasteiger partial charge in [0.2, 0.25) is 0 Å². The molecule has 2 aliphatic heterocycles. The van der Waals surface area contributed by atoms with E-state index in [1.807, 2.05) is 0 Å². The van der Waals surface area contributed by atoms with E-state index in [4.69, 9.17) is 9.47 Å². The van der Waals surface area contributed by atoms with Gasteiger partial charge in [0.25, 0.3) is 10.5 Å². The normalized spacial score (nSPS) is 23.6. The van der Waals surface area contributed by atoms with Crippen molar-refractivity contribution in [1.29, 1.82) is 0 Å². The Balaban J connectivity index is 2.23. The Morgan fingerprint density at radius 1 is 0.917 bits per heavy atom. The van der Waals surface area contributed by atoms with Gasteiger partial charge < -0.3 is 9.47 Å². The molecule has 2 heterocycles. The largest absolute Gasteiger partial charge is 0.464 e. The second kappa shape index (κ2) is 7.88. The third-order valence-electron chi connectivity index (χ3n) is 3.28. The molecule has 0 aliphatic carbocycles. The van der Waals surface area contributed by atoms with E-state index in [2.05, 4.69) is 0 Å². The number of thioether (sulfide) groups is 2. The topological polar surface area (TPSA) is 110 Å². The van der Waals surface area contributed by atoms with Crippen LogP contribution in [0.4, 0.5) is 14.4 Å². The Labute approximate surface area is 146 Å². The molecule has 2 atom stereocenters. The maximum atomic E-state index is 12.7. The van der Waals surface area contributed by atoms with Gasteiger partial charge in [-0.2, -0.15) is 0 Å². The van der Waals surface area contributed by atoms with Crippen molar-refractivity contribution in [2.45, 2.75) is 25.9 Å². The maximum absolute atomic E-state index is 12.7. The highest BCUT2D eigenvalue weighted by Gasteiger charge is 2.50. The molecule has 24 heavy (non-hydrogen) atoms. The molecule has 2 unspecified atom stereocenters. The minimum atomic E-state index is -1.11. The van der Waals surface area contributed by atoms with E-state index < -0.39 is 40.5 Å². The lowest BCUT2D eigenvalue weighted by atomic mass is 10.3. The van der Waals surface area contributed by atoms with Gasteiger partial charge in [0.15, 0.2) is 0 Å². The fourth-order valence-corrected chi connectivity index (χ4v) is 4.07. The van der Waals surface area contributed by atoms with Crippen LogP contribution in [0, 0.1) is 0 Å². The van der Waals surface area contributed by atoms with E-state index in [1.165, 1.54) is 0 Å². The second-order valence-corrected chi connectivity index (χ2v) is 6.65. The molecule has 2 fully saturated rings. The van der Waals surface area contributed by atoms with Gasteiger partial charge in [-0.05, 0) is 13.8 Å². The van der Waals surface area contributed by atoms with Crippen LogP contribution < -0.4 is 0 Å². The first-order valence-corrected chi connectivity index (χ1v) is 9.18. The summed E-state index contributed by atoms with van der Waals surface area (Å²) in [7, 11) is 0. The molecule has 0 aromatic rings. The molecule has 2 aliphatic rings. The summed E-state index contributed by atoms with van der Waals surface area (Å²) < 4.78 is 9.72. The van der Waals surface area contributed by atoms with Crippen LogP contribution in [0.3, 0.4) is 0 Å². The summed E-state index contributed by atoms with van der Waals surface area (Å²) in [6.45, 7) is 3.40. The lowest BCUT2D eigenvalue weighted by Crippen LogP contribution is -2.54. The molecule has 0 N–H and O–H groups in total. The fraction of sp³-hybridized carbons (Fsp3) is 0.615. The number of carbonyl (C=O) groups is 5. The van der Waals surface area contributed by atoms with Crippen LogP contribution in [0.2, 0.25) is 0 Å². The zero-order valence-electron chi connectivity index (χ0n) is 13.1. The molecule has 0 aromatic carbocycles. The fourth-order valence-electron chi connectivity index (χ4n) is 2.21. The second-order valence-electron chi connectivity index (χ2n) is 4.71. The molecule has 0 saturated carbocycles. The number of hydrogen-bond acceptors (Lipinski definition) is 9. The Kier molecular flexibility index (Phi) is 6.10. The van der Waals surface area contributed by atoms with Crippen molar-refractivity contribution in [3.63, 3.8) is 0 Å². The first-order chi connectivity index (χ1) is 11.4. The quantitative estimate of drug-likeness (QED) is 0.670. The summed E-state index contributed by atoms with van der Waals surface area (Å²) >= 11 is 1.56. The van der Waals surface area contributed by atoms with E-state index >= 15 is 0 Å². The molecule has 0 bridgehead atoms. The highest BCUT2D eigenvalue weighted by Crippen LogP contribution is 2.31. The van der Waals surface area contributed by atoms with Gasteiger partial charge in [0.05, 0.1) is 13.2 Å². The molecular formula is C13H16N2O7S2. The summed E-state index contributed by atoms with van der Waals surface area (Å²) in [6, 6.07) is -3.23. The van der Waals surface area contributed by atoms with Gasteiger partial charge in [0, 0.05) is 11.5 Å². The number of esters is 2. The van der Waals surface area contributed by atoms with Crippen LogP contribution in [0.15, 0.2) is 0 Å². The lowest BCUT2D eigenvalue weighted by Gasteiger charge is -2.27. The van der Waals surface area contributed by atoms with Crippen molar-refractivity contribution < 1.29 is 33.4 Å². The van der Waals surface area contributed by atoms with Crippen LogP contribution >= 0.6 is 23.5 Å². The van der Waals surface area contributed by atoms with E-state index in [1.54, 1.807) is 13.8 Å². The minimum absolute atomic E-state index is 0.0443. The van der Waals surface area contributed by atoms with Crippen LogP contribution in [-0.4, -0.2) is 75.1 Å². The highest BCUT2D eigenvalue weighted by atomic mass is 32.2. The van der Waals surface area contributed by atoms with E-state index in [0.29, 0.717) is 9.80 Å². The van der Waals surface area contributed by atoms with Gasteiger partial charge in [0.1, 0.15) is 12.1 Å². The monoisotopic (exact) mass is 376 g/mol. The predicted octanol–water partition coefficient (Wildman–Crippen LogP) is 1.31. The third-order valence-corrected chi connectivity index (χ3v) is 5.13. The SMILES string of the molecule is CCOC(=O)C1CSC(=O)N1C(=O)N1C(=O)SCC1C(=O)OCC. The molecule has 2 saturated heterocycles. The smallest absolute Gasteiger partial charge is 0.336 e. The Morgan fingerprint density at radius 2 is 1.29 bits per heavy atom. The van der Waals surface area contributed by atoms with E-state index in [0.717, 1.165) is 23.5 Å². The van der Waals surface area contributed by atoms with Gasteiger partial charge >= 0.3 is 18.0 Å². The molecule has 0 radical (unpaired) electrons. The number of urea groups is 1. The number of carbonyl (C=O) groups excluding carboxylic acids is 5. The number of rotatable bonds is 4. The zero-order chi connectivity index (χ0) is 17.9. The number of ether oxygens (including phenoxy) is 2. The van der Waals surface area contributed by atoms with Gasteiger partial charge in [-0.25, -0.2) is 24.2 Å². The molecule has 0 aromatic heterocycles. The van der Waals surface area contributed by atoms with Crippen LogP contribution in [0.25, 0.3) is 0 Å². The van der Waals surface area contributed by atoms with Crippen molar-refractivity contribution in [1.82, 2.24) is 9.80 Å². The average Bonchev–Trinajstić information content (AvgIpc) is 3.10. The number of hydrogen-bond donors (Lipinski definition) is 0. The molecule has 0 spiro atoms. The van der Waals surface area contributed by atoms with Gasteiger partial charge in [-0.1, -0.05) is 23.5 Å². The molecule has 4 amide bonds. The predicted molar refractivity (Wildman–Crippen MR) is 85.6 cm³/mol. The van der Waals surface area contributed by atoms with Crippen molar-refractivity contribution in [2.24, 2.45) is 0 Å². The number of imide groups is 2. The summed E-state index contributed by atoms with van der Waals surface area (Å²) in [4.78, 5) is 61.9. The van der Waals surface area contributed by atoms with Gasteiger partial charge in [-0.15, -0.1) is 0 Å². The van der Waals surface area contributed by atoms with Gasteiger partial charge in [-0.3, -0.25) is 9.59 Å². The number of nitrogens with zero attached hydrogens (tertiary/aromatic N) is 2. The molecule has 9 nitrogen and oxygen atoms in total. The first-order valence-electron chi connectivity index (χ1n) is 7.21. The Hall–Kier alpha value is -1.75. The van der Waals surface area contributed by atoms with Crippen molar-refractivity contribution in [2.75, 3.05) is 24.7 Å². The third kappa shape index (κ3) is 3.51. The number of amides is 4. The average molecular weight is 376 g/mol. The standard InChI is InChI=1S/C13H16N2O7S2/c1-3-21-9(16)7-5-23-12(19)14(7)11(18)15-8(6-24-13(15)20)10(17)22-4-2/h7-8H,3-6H2,1-2H3. The molecule has 132 valence electrons. The highest BCUT2D eigenvalue weighted by molar-refractivity contribution is 8.14. The van der Waals surface area contributed by atoms with E-state index in [-0.39, 0.29) is 24.7 Å². The van der Waals surface area contributed by atoms with Crippen molar-refractivity contribution >= 4 is 52.0 Å². The molecular weight excluding hydrogens is 360 g/mol. The summed E-state index contributed by atoms with van der Waals surface area (Å²) in [6.07, 6.45) is 0. The van der Waals surface area contributed by atoms with Crippen LogP contribution in [-0.2, 0) is 19.1 Å². The zero-order valence-corrected chi connectivity index (χ0v) is 14.7. The molecule has 2 rings (SSSR count). The molecule has 11 heteroatoms. The minimum Gasteiger partial charge on any atom is -0.464 e. The maximum Gasteiger partial charge on any atom is 0.336 e. The van der Waals surface area contributed by atoms with Crippen LogP contribution in [0.5, 0.6) is 0 Å². The van der Waals surface area contributed by atoms with Crippen molar-refractivity contribution in [3.05, 3.63) is 0 Å².